The van der Waals surface area contributed by atoms with Crippen molar-refractivity contribution in [3.63, 3.8) is 0 Å². The standard InChI is InChI=1S/C21H41BrO4Si2/c1-16-23-15-18(26-28(10,11)21(5,6)7)19(24-16)17(13-12-14-22)25-27(8,9)20(2,3)4/h16-19H,13,15H2,1-11H3/t16-,17+,18-,19+/m1/s1. The lowest BCUT2D eigenvalue weighted by atomic mass is 10.1. The number of halogens is 1. The fourth-order valence-corrected chi connectivity index (χ4v) is 5.38. The molecule has 0 radical (unpaired) electrons. The Balaban J connectivity index is 3.18. The van der Waals surface area contributed by atoms with Crippen LogP contribution in [-0.4, -0.2) is 47.8 Å². The molecule has 1 saturated heterocycles. The molecule has 0 amide bonds. The summed E-state index contributed by atoms with van der Waals surface area (Å²) >= 11 is 3.23. The van der Waals surface area contributed by atoms with Crippen LogP contribution in [0.5, 0.6) is 0 Å². The molecule has 4 atom stereocenters. The van der Waals surface area contributed by atoms with Gasteiger partial charge in [0.2, 0.25) is 0 Å². The third-order valence-electron chi connectivity index (χ3n) is 6.45. The van der Waals surface area contributed by atoms with Crippen molar-refractivity contribution in [1.82, 2.24) is 0 Å². The Morgan fingerprint density at radius 2 is 1.57 bits per heavy atom. The molecule has 0 unspecified atom stereocenters. The molecule has 28 heavy (non-hydrogen) atoms. The minimum atomic E-state index is -2.00. The molecule has 0 saturated carbocycles. The van der Waals surface area contributed by atoms with E-state index in [9.17, 15) is 0 Å². The normalized spacial score (nSPS) is 25.8. The highest BCUT2D eigenvalue weighted by atomic mass is 79.9. The maximum atomic E-state index is 6.79. The second kappa shape index (κ2) is 9.63. The van der Waals surface area contributed by atoms with E-state index >= 15 is 0 Å². The van der Waals surface area contributed by atoms with Gasteiger partial charge in [0.05, 0.1) is 18.8 Å². The average Bonchev–Trinajstić information content (AvgIpc) is 2.50. The van der Waals surface area contributed by atoms with Crippen LogP contribution < -0.4 is 0 Å². The van der Waals surface area contributed by atoms with Gasteiger partial charge in [0, 0.05) is 22.4 Å². The van der Waals surface area contributed by atoms with Crippen LogP contribution >= 0.6 is 15.9 Å². The summed E-state index contributed by atoms with van der Waals surface area (Å²) in [6, 6.07) is 0. The first kappa shape index (κ1) is 26.3. The Morgan fingerprint density at radius 1 is 1.04 bits per heavy atom. The van der Waals surface area contributed by atoms with E-state index in [1.54, 1.807) is 0 Å². The summed E-state index contributed by atoms with van der Waals surface area (Å²) in [5, 5.41) is 0.228. The van der Waals surface area contributed by atoms with E-state index in [4.69, 9.17) is 18.3 Å². The van der Waals surface area contributed by atoms with Gasteiger partial charge in [0.25, 0.3) is 0 Å². The highest BCUT2D eigenvalue weighted by Gasteiger charge is 2.47. The molecule has 0 aliphatic carbocycles. The highest BCUT2D eigenvalue weighted by Crippen LogP contribution is 2.41. The topological polar surface area (TPSA) is 36.9 Å². The molecule has 0 aromatic rings. The molecular weight excluding hydrogens is 452 g/mol. The summed E-state index contributed by atoms with van der Waals surface area (Å²) in [6.45, 7) is 25.1. The molecular formula is C21H41BrO4Si2. The summed E-state index contributed by atoms with van der Waals surface area (Å²) in [4.78, 5) is 2.84. The van der Waals surface area contributed by atoms with Crippen molar-refractivity contribution in [3.8, 4) is 10.8 Å². The van der Waals surface area contributed by atoms with Gasteiger partial charge in [0.15, 0.2) is 22.9 Å². The smallest absolute Gasteiger partial charge is 0.192 e. The molecule has 1 aliphatic heterocycles. The van der Waals surface area contributed by atoms with Gasteiger partial charge in [-0.25, -0.2) is 0 Å². The first-order valence-corrected chi connectivity index (χ1v) is 16.8. The summed E-state index contributed by atoms with van der Waals surface area (Å²) in [6.07, 6.45) is -0.157. The van der Waals surface area contributed by atoms with Crippen molar-refractivity contribution in [2.24, 2.45) is 0 Å². The Hall–Kier alpha value is 0.314. The van der Waals surface area contributed by atoms with Gasteiger partial charge >= 0.3 is 0 Å². The molecule has 4 nitrogen and oxygen atoms in total. The summed E-state index contributed by atoms with van der Waals surface area (Å²) in [7, 11) is -3.97. The summed E-state index contributed by atoms with van der Waals surface area (Å²) < 4.78 is 25.6. The van der Waals surface area contributed by atoms with Crippen LogP contribution in [-0.2, 0) is 18.3 Å². The Bertz CT molecular complexity index is 570. The van der Waals surface area contributed by atoms with Crippen LogP contribution in [0, 0.1) is 10.8 Å². The molecule has 0 aromatic heterocycles. The maximum Gasteiger partial charge on any atom is 0.192 e. The lowest BCUT2D eigenvalue weighted by Gasteiger charge is -2.47. The Morgan fingerprint density at radius 3 is 2.04 bits per heavy atom. The van der Waals surface area contributed by atoms with Crippen molar-refractivity contribution in [3.05, 3.63) is 0 Å². The number of hydrogen-bond donors (Lipinski definition) is 0. The molecule has 0 spiro atoms. The van der Waals surface area contributed by atoms with Crippen molar-refractivity contribution in [2.75, 3.05) is 6.61 Å². The second-order valence-corrected chi connectivity index (χ2v) is 20.7. The minimum absolute atomic E-state index is 0.111. The average molecular weight is 494 g/mol. The molecule has 1 heterocycles. The van der Waals surface area contributed by atoms with Gasteiger partial charge in [-0.2, -0.15) is 0 Å². The highest BCUT2D eigenvalue weighted by molar-refractivity contribution is 9.12. The van der Waals surface area contributed by atoms with E-state index < -0.39 is 16.6 Å². The first-order chi connectivity index (χ1) is 12.5. The van der Waals surface area contributed by atoms with Gasteiger partial charge in [-0.1, -0.05) is 47.5 Å². The molecule has 0 N–H and O–H groups in total. The van der Waals surface area contributed by atoms with E-state index in [-0.39, 0.29) is 34.7 Å². The van der Waals surface area contributed by atoms with Gasteiger partial charge in [-0.3, -0.25) is 0 Å². The van der Waals surface area contributed by atoms with Crippen molar-refractivity contribution < 1.29 is 18.3 Å². The van der Waals surface area contributed by atoms with Crippen LogP contribution in [0.4, 0.5) is 0 Å². The first-order valence-electron chi connectivity index (χ1n) is 10.2. The Kier molecular flexibility index (Phi) is 9.06. The quantitative estimate of drug-likeness (QED) is 0.323. The molecule has 164 valence electrons. The zero-order valence-corrected chi connectivity index (χ0v) is 23.3. The Labute approximate surface area is 183 Å². The van der Waals surface area contributed by atoms with Crippen LogP contribution in [0.15, 0.2) is 0 Å². The predicted octanol–water partition coefficient (Wildman–Crippen LogP) is 6.27. The lowest BCUT2D eigenvalue weighted by Crippen LogP contribution is -2.58. The largest absolute Gasteiger partial charge is 0.410 e. The van der Waals surface area contributed by atoms with E-state index in [2.05, 4.69) is 94.4 Å². The minimum Gasteiger partial charge on any atom is -0.410 e. The van der Waals surface area contributed by atoms with E-state index in [0.29, 0.717) is 13.0 Å². The fourth-order valence-electron chi connectivity index (χ4n) is 2.58. The van der Waals surface area contributed by atoms with Gasteiger partial charge in [0.1, 0.15) is 6.10 Å². The van der Waals surface area contributed by atoms with Crippen molar-refractivity contribution in [2.45, 2.75) is 116 Å². The molecule has 7 heteroatoms. The van der Waals surface area contributed by atoms with Gasteiger partial charge in [-0.05, 0) is 48.0 Å². The molecule has 0 aromatic carbocycles. The molecule has 1 rings (SSSR count). The van der Waals surface area contributed by atoms with E-state index in [0.717, 1.165) is 0 Å². The number of hydrogen-bond acceptors (Lipinski definition) is 4. The lowest BCUT2D eigenvalue weighted by molar-refractivity contribution is -0.258. The zero-order chi connectivity index (χ0) is 22.0. The van der Waals surface area contributed by atoms with Crippen LogP contribution in [0.3, 0.4) is 0 Å². The SMILES string of the molecule is C[C@@H]1OC[C@@H](O[Si](C)(C)C(C)(C)C)[C@H]([C@H](CC#CBr)O[Si](C)(C)C(C)(C)C)O1. The molecule has 1 aliphatic rings. The zero-order valence-electron chi connectivity index (χ0n) is 19.7. The predicted molar refractivity (Wildman–Crippen MR) is 126 cm³/mol. The number of ether oxygens (including phenoxy) is 2. The van der Waals surface area contributed by atoms with Gasteiger partial charge in [-0.15, -0.1) is 0 Å². The fraction of sp³-hybridized carbons (Fsp3) is 0.905. The van der Waals surface area contributed by atoms with Gasteiger partial charge < -0.3 is 18.3 Å². The van der Waals surface area contributed by atoms with Crippen LogP contribution in [0.25, 0.3) is 0 Å². The third-order valence-corrected chi connectivity index (χ3v) is 15.7. The molecule has 0 bridgehead atoms. The van der Waals surface area contributed by atoms with E-state index in [1.165, 1.54) is 0 Å². The molecule has 1 fully saturated rings. The van der Waals surface area contributed by atoms with Crippen molar-refractivity contribution in [1.29, 1.82) is 0 Å². The monoisotopic (exact) mass is 492 g/mol. The van der Waals surface area contributed by atoms with Crippen LogP contribution in [0.1, 0.15) is 54.9 Å². The summed E-state index contributed by atoms with van der Waals surface area (Å²) in [5.74, 6) is 3.15. The van der Waals surface area contributed by atoms with Crippen molar-refractivity contribution >= 4 is 32.6 Å². The third kappa shape index (κ3) is 6.93. The number of rotatable bonds is 6. The van der Waals surface area contributed by atoms with E-state index in [1.807, 2.05) is 6.92 Å². The summed E-state index contributed by atoms with van der Waals surface area (Å²) in [5.41, 5.74) is 0. The maximum absolute atomic E-state index is 6.79. The second-order valence-electron chi connectivity index (χ2n) is 10.8. The van der Waals surface area contributed by atoms with Crippen LogP contribution in [0.2, 0.25) is 36.3 Å².